The van der Waals surface area contributed by atoms with Crippen molar-refractivity contribution in [3.8, 4) is 0 Å². The lowest BCUT2D eigenvalue weighted by atomic mass is 9.92. The molecule has 0 heterocycles. The van der Waals surface area contributed by atoms with Crippen molar-refractivity contribution in [1.29, 1.82) is 0 Å². The molecule has 0 radical (unpaired) electrons. The normalized spacial score (nSPS) is 11.4. The summed E-state index contributed by atoms with van der Waals surface area (Å²) in [6.07, 6.45) is 0. The summed E-state index contributed by atoms with van der Waals surface area (Å²) in [7, 11) is 0. The van der Waals surface area contributed by atoms with Gasteiger partial charge in [0.15, 0.2) is 0 Å². The molecule has 3 nitrogen and oxygen atoms in total. The third kappa shape index (κ3) is 1.48. The molecule has 0 fully saturated rings. The van der Waals surface area contributed by atoms with Crippen LogP contribution in [0.1, 0.15) is 0 Å². The molecule has 4 aromatic carbocycles. The van der Waals surface area contributed by atoms with Crippen LogP contribution in [0.2, 0.25) is 0 Å². The zero-order valence-electron chi connectivity index (χ0n) is 11.4. The van der Waals surface area contributed by atoms with E-state index < -0.39 is 0 Å². The van der Waals surface area contributed by atoms with Crippen molar-refractivity contribution in [2.24, 2.45) is 0 Å². The monoisotopic (exact) mass is 273 g/mol. The Morgan fingerprint density at radius 2 is 0.714 bits per heavy atom. The summed E-state index contributed by atoms with van der Waals surface area (Å²) in [6, 6.07) is 17.8. The second-order valence-electron chi connectivity index (χ2n) is 5.31. The van der Waals surface area contributed by atoms with Gasteiger partial charge >= 0.3 is 0 Å². The number of fused-ring (bicyclic) bond motifs is 6. The largest absolute Gasteiger partial charge is 0.398 e. The average molecular weight is 273 g/mol. The lowest BCUT2D eigenvalue weighted by Gasteiger charge is -2.14. The Bertz CT molecular complexity index is 856. The van der Waals surface area contributed by atoms with Gasteiger partial charge in [-0.05, 0) is 34.4 Å². The minimum Gasteiger partial charge on any atom is -0.398 e. The van der Waals surface area contributed by atoms with E-state index in [0.717, 1.165) is 49.4 Å². The van der Waals surface area contributed by atoms with Gasteiger partial charge in [0.1, 0.15) is 0 Å². The molecule has 3 heteroatoms. The number of hydrogen-bond donors (Lipinski definition) is 3. The third-order valence-corrected chi connectivity index (χ3v) is 4.10. The van der Waals surface area contributed by atoms with E-state index in [-0.39, 0.29) is 0 Å². The van der Waals surface area contributed by atoms with Gasteiger partial charge in [-0.2, -0.15) is 0 Å². The van der Waals surface area contributed by atoms with E-state index >= 15 is 0 Å². The van der Waals surface area contributed by atoms with Crippen LogP contribution < -0.4 is 17.2 Å². The van der Waals surface area contributed by atoms with Gasteiger partial charge in [0, 0.05) is 33.2 Å². The highest BCUT2D eigenvalue weighted by molar-refractivity contribution is 6.32. The Morgan fingerprint density at radius 1 is 0.429 bits per heavy atom. The number of anilines is 3. The molecule has 0 unspecified atom stereocenters. The quantitative estimate of drug-likeness (QED) is 0.336. The second-order valence-corrected chi connectivity index (χ2v) is 5.31. The first-order valence-corrected chi connectivity index (χ1v) is 6.85. The first kappa shape index (κ1) is 11.9. The van der Waals surface area contributed by atoms with E-state index in [9.17, 15) is 0 Å². The Hall–Kier alpha value is -2.94. The molecular weight excluding hydrogens is 258 g/mol. The number of nitrogens with two attached hydrogens (primary N) is 3. The minimum absolute atomic E-state index is 0.744. The molecule has 21 heavy (non-hydrogen) atoms. The average Bonchev–Trinajstić information content (AvgIpc) is 2.47. The summed E-state index contributed by atoms with van der Waals surface area (Å²) >= 11 is 0. The third-order valence-electron chi connectivity index (χ3n) is 4.10. The van der Waals surface area contributed by atoms with Gasteiger partial charge in [-0.1, -0.05) is 36.4 Å². The van der Waals surface area contributed by atoms with Gasteiger partial charge in [-0.3, -0.25) is 0 Å². The zero-order chi connectivity index (χ0) is 14.6. The first-order valence-electron chi connectivity index (χ1n) is 6.85. The zero-order valence-corrected chi connectivity index (χ0v) is 11.4. The number of benzene rings is 4. The molecule has 4 aromatic rings. The summed E-state index contributed by atoms with van der Waals surface area (Å²) in [6.45, 7) is 0. The molecule has 0 amide bonds. The molecule has 0 aliphatic carbocycles. The van der Waals surface area contributed by atoms with E-state index in [2.05, 4.69) is 18.2 Å². The Kier molecular flexibility index (Phi) is 2.27. The highest BCUT2D eigenvalue weighted by atomic mass is 14.6. The lowest BCUT2D eigenvalue weighted by molar-refractivity contribution is 1.73. The fourth-order valence-corrected chi connectivity index (χ4v) is 3.24. The van der Waals surface area contributed by atoms with Crippen molar-refractivity contribution in [3.05, 3.63) is 54.6 Å². The summed E-state index contributed by atoms with van der Waals surface area (Å²) in [5, 5.41) is 6.27. The van der Waals surface area contributed by atoms with Gasteiger partial charge < -0.3 is 17.2 Å². The molecule has 6 N–H and O–H groups in total. The van der Waals surface area contributed by atoms with Crippen LogP contribution in [0.25, 0.3) is 32.3 Å². The van der Waals surface area contributed by atoms with Crippen LogP contribution in [0.5, 0.6) is 0 Å². The maximum atomic E-state index is 6.23. The van der Waals surface area contributed by atoms with E-state index in [1.54, 1.807) is 0 Å². The van der Waals surface area contributed by atoms with Gasteiger partial charge in [0.25, 0.3) is 0 Å². The smallest absolute Gasteiger partial charge is 0.0400 e. The van der Waals surface area contributed by atoms with Crippen LogP contribution in [0, 0.1) is 0 Å². The Balaban J connectivity index is 2.51. The topological polar surface area (TPSA) is 78.1 Å². The molecule has 0 spiro atoms. The van der Waals surface area contributed by atoms with Crippen LogP contribution in [-0.4, -0.2) is 0 Å². The summed E-state index contributed by atoms with van der Waals surface area (Å²) < 4.78 is 0. The lowest BCUT2D eigenvalue weighted by Crippen LogP contribution is -1.95. The molecule has 0 bridgehead atoms. The highest BCUT2D eigenvalue weighted by Crippen LogP contribution is 2.41. The second kappa shape index (κ2) is 4.03. The molecule has 4 rings (SSSR count). The van der Waals surface area contributed by atoms with Crippen molar-refractivity contribution in [3.63, 3.8) is 0 Å². The Labute approximate surface area is 121 Å². The van der Waals surface area contributed by atoms with Crippen LogP contribution >= 0.6 is 0 Å². The molecule has 0 aliphatic heterocycles. The van der Waals surface area contributed by atoms with Crippen molar-refractivity contribution in [2.75, 3.05) is 17.2 Å². The van der Waals surface area contributed by atoms with Crippen molar-refractivity contribution in [1.82, 2.24) is 0 Å². The number of rotatable bonds is 0. The van der Waals surface area contributed by atoms with E-state index in [0.29, 0.717) is 0 Å². The maximum Gasteiger partial charge on any atom is 0.0400 e. The van der Waals surface area contributed by atoms with Gasteiger partial charge in [-0.15, -0.1) is 0 Å². The molecule has 0 aromatic heterocycles. The molecule has 102 valence electrons. The molecule has 0 saturated carbocycles. The predicted molar refractivity (Wildman–Crippen MR) is 92.2 cm³/mol. The van der Waals surface area contributed by atoms with Gasteiger partial charge in [-0.25, -0.2) is 0 Å². The fourth-order valence-electron chi connectivity index (χ4n) is 3.24. The minimum atomic E-state index is 0.744. The maximum absolute atomic E-state index is 6.23. The van der Waals surface area contributed by atoms with Crippen molar-refractivity contribution in [2.45, 2.75) is 0 Å². The molecule has 0 saturated heterocycles. The van der Waals surface area contributed by atoms with Crippen LogP contribution in [-0.2, 0) is 0 Å². The van der Waals surface area contributed by atoms with Crippen LogP contribution in [0.4, 0.5) is 17.1 Å². The van der Waals surface area contributed by atoms with E-state index in [4.69, 9.17) is 17.2 Å². The molecular formula is C18H15N3. The number of hydrogen-bond acceptors (Lipinski definition) is 3. The van der Waals surface area contributed by atoms with Crippen molar-refractivity contribution >= 4 is 49.4 Å². The van der Waals surface area contributed by atoms with Crippen molar-refractivity contribution < 1.29 is 0 Å². The van der Waals surface area contributed by atoms with Gasteiger partial charge in [0.05, 0.1) is 0 Å². The molecule has 0 aliphatic rings. The first-order chi connectivity index (χ1) is 10.2. The highest BCUT2D eigenvalue weighted by Gasteiger charge is 2.13. The fraction of sp³-hybridized carbons (Fsp3) is 0. The van der Waals surface area contributed by atoms with E-state index in [1.165, 1.54) is 0 Å². The van der Waals surface area contributed by atoms with E-state index in [1.807, 2.05) is 36.4 Å². The number of nitrogen functional groups attached to an aromatic ring is 3. The summed E-state index contributed by atoms with van der Waals surface area (Å²) in [4.78, 5) is 0. The SMILES string of the molecule is Nc1cccc2c1c1cccc(N)c1c1cccc(N)c21. The summed E-state index contributed by atoms with van der Waals surface area (Å²) in [5.74, 6) is 0. The Morgan fingerprint density at radius 3 is 1.00 bits per heavy atom. The summed E-state index contributed by atoms with van der Waals surface area (Å²) in [5.41, 5.74) is 20.9. The van der Waals surface area contributed by atoms with Crippen LogP contribution in [0.3, 0.4) is 0 Å². The van der Waals surface area contributed by atoms with Crippen LogP contribution in [0.15, 0.2) is 54.6 Å². The molecule has 0 atom stereocenters. The van der Waals surface area contributed by atoms with Gasteiger partial charge in [0.2, 0.25) is 0 Å². The predicted octanol–water partition coefficient (Wildman–Crippen LogP) is 3.89. The standard InChI is InChI=1S/C18H15N3/c19-13-7-1-4-10-16(13)11-5-2-9-15(21)18(11)12-6-3-8-14(20)17(10)12/h1-9H,19-21H2.